The van der Waals surface area contributed by atoms with Gasteiger partial charge in [0.25, 0.3) is 0 Å². The van der Waals surface area contributed by atoms with Crippen molar-refractivity contribution in [2.75, 3.05) is 19.8 Å². The first-order chi connectivity index (χ1) is 9.04. The van der Waals surface area contributed by atoms with Crippen LogP contribution in [0, 0.1) is 23.7 Å². The van der Waals surface area contributed by atoms with Crippen molar-refractivity contribution in [3.05, 3.63) is 0 Å². The number of rotatable bonds is 5. The molecule has 1 N–H and O–H groups in total. The van der Waals surface area contributed by atoms with Gasteiger partial charge in [-0.25, -0.2) is 0 Å². The van der Waals surface area contributed by atoms with Gasteiger partial charge in [0.1, 0.15) is 6.61 Å². The van der Waals surface area contributed by atoms with Gasteiger partial charge in [-0.3, -0.25) is 0 Å². The zero-order valence-corrected chi connectivity index (χ0v) is 11.1. The van der Waals surface area contributed by atoms with Gasteiger partial charge >= 0.3 is 6.18 Å². The first-order valence-electron chi connectivity index (χ1n) is 7.42. The molecule has 0 heterocycles. The van der Waals surface area contributed by atoms with Crippen molar-refractivity contribution in [3.8, 4) is 0 Å². The van der Waals surface area contributed by atoms with Crippen LogP contribution in [0.5, 0.6) is 0 Å². The number of fused-ring (bicyclic) bond motifs is 5. The number of ether oxygens (including phenoxy) is 1. The number of halogens is 3. The van der Waals surface area contributed by atoms with Crippen molar-refractivity contribution < 1.29 is 17.9 Å². The first kappa shape index (κ1) is 13.7. The molecule has 0 radical (unpaired) electrons. The highest BCUT2D eigenvalue weighted by molar-refractivity contribution is 5.05. The van der Waals surface area contributed by atoms with E-state index in [4.69, 9.17) is 0 Å². The summed E-state index contributed by atoms with van der Waals surface area (Å²) >= 11 is 0. The number of hydrogen-bond donors (Lipinski definition) is 1. The summed E-state index contributed by atoms with van der Waals surface area (Å²) < 4.78 is 40.4. The molecule has 3 aliphatic carbocycles. The van der Waals surface area contributed by atoms with E-state index in [0.717, 1.165) is 23.7 Å². The SMILES string of the molecule is FC(F)(F)COCCNC1CC2CC1C1CCCC21. The lowest BCUT2D eigenvalue weighted by atomic mass is 9.79. The third kappa shape index (κ3) is 2.92. The highest BCUT2D eigenvalue weighted by atomic mass is 19.4. The second kappa shape index (κ2) is 5.24. The predicted molar refractivity (Wildman–Crippen MR) is 65.7 cm³/mol. The van der Waals surface area contributed by atoms with Crippen LogP contribution in [0.25, 0.3) is 0 Å². The van der Waals surface area contributed by atoms with E-state index in [1.807, 2.05) is 0 Å². The lowest BCUT2D eigenvalue weighted by molar-refractivity contribution is -0.173. The van der Waals surface area contributed by atoms with E-state index in [2.05, 4.69) is 10.1 Å². The molecule has 0 aromatic heterocycles. The van der Waals surface area contributed by atoms with E-state index in [0.29, 0.717) is 12.6 Å². The molecule has 0 aliphatic heterocycles. The Labute approximate surface area is 112 Å². The van der Waals surface area contributed by atoms with Crippen LogP contribution in [-0.2, 0) is 4.74 Å². The number of nitrogens with one attached hydrogen (secondary N) is 1. The highest BCUT2D eigenvalue weighted by Gasteiger charge is 2.53. The summed E-state index contributed by atoms with van der Waals surface area (Å²) in [5.74, 6) is 3.52. The van der Waals surface area contributed by atoms with Crippen LogP contribution in [0.1, 0.15) is 32.1 Å². The number of alkyl halides is 3. The van der Waals surface area contributed by atoms with Crippen molar-refractivity contribution in [1.29, 1.82) is 0 Å². The molecule has 5 unspecified atom stereocenters. The third-order valence-corrected chi connectivity index (χ3v) is 5.35. The maximum absolute atomic E-state index is 11.9. The second-order valence-corrected chi connectivity index (χ2v) is 6.38. The Morgan fingerprint density at radius 3 is 2.63 bits per heavy atom. The fourth-order valence-electron chi connectivity index (χ4n) is 4.81. The quantitative estimate of drug-likeness (QED) is 0.780. The van der Waals surface area contributed by atoms with Gasteiger partial charge in [0.05, 0.1) is 6.61 Å². The van der Waals surface area contributed by atoms with E-state index in [1.54, 1.807) is 0 Å². The third-order valence-electron chi connectivity index (χ3n) is 5.35. The molecule has 5 heteroatoms. The van der Waals surface area contributed by atoms with Gasteiger partial charge in [0, 0.05) is 12.6 Å². The minimum Gasteiger partial charge on any atom is -0.371 e. The Balaban J connectivity index is 1.36. The van der Waals surface area contributed by atoms with Gasteiger partial charge in [-0.2, -0.15) is 13.2 Å². The summed E-state index contributed by atoms with van der Waals surface area (Å²) in [6.45, 7) is -0.432. The molecule has 0 amide bonds. The standard InChI is InChI=1S/C14H22F3NO/c15-14(16,17)8-19-5-4-18-13-7-9-6-12(13)11-3-1-2-10(9)11/h9-13,18H,1-8H2. The van der Waals surface area contributed by atoms with E-state index in [1.165, 1.54) is 32.1 Å². The molecule has 0 aromatic rings. The van der Waals surface area contributed by atoms with E-state index in [9.17, 15) is 13.2 Å². The highest BCUT2D eigenvalue weighted by Crippen LogP contribution is 2.58. The van der Waals surface area contributed by atoms with Crippen LogP contribution in [-0.4, -0.2) is 32.0 Å². The van der Waals surface area contributed by atoms with Crippen molar-refractivity contribution in [2.45, 2.75) is 44.3 Å². The Hall–Kier alpha value is -0.290. The summed E-state index contributed by atoms with van der Waals surface area (Å²) in [5, 5.41) is 3.42. The Morgan fingerprint density at radius 2 is 1.84 bits per heavy atom. The summed E-state index contributed by atoms with van der Waals surface area (Å²) in [5.41, 5.74) is 0. The van der Waals surface area contributed by atoms with Crippen LogP contribution >= 0.6 is 0 Å². The normalized spacial score (nSPS) is 40.9. The van der Waals surface area contributed by atoms with Gasteiger partial charge in [-0.1, -0.05) is 6.42 Å². The summed E-state index contributed by atoms with van der Waals surface area (Å²) in [6.07, 6.45) is 2.52. The van der Waals surface area contributed by atoms with Crippen LogP contribution in [0.4, 0.5) is 13.2 Å². The molecule has 0 saturated heterocycles. The minimum absolute atomic E-state index is 0.154. The largest absolute Gasteiger partial charge is 0.411 e. The van der Waals surface area contributed by atoms with Gasteiger partial charge in [-0.15, -0.1) is 0 Å². The van der Waals surface area contributed by atoms with Crippen LogP contribution in [0.2, 0.25) is 0 Å². The molecule has 110 valence electrons. The van der Waals surface area contributed by atoms with Crippen molar-refractivity contribution >= 4 is 0 Å². The first-order valence-corrected chi connectivity index (χ1v) is 7.42. The zero-order valence-electron chi connectivity index (χ0n) is 11.1. The number of hydrogen-bond acceptors (Lipinski definition) is 2. The molecule has 3 fully saturated rings. The van der Waals surface area contributed by atoms with Crippen molar-refractivity contribution in [1.82, 2.24) is 5.32 Å². The average molecular weight is 277 g/mol. The summed E-state index contributed by atoms with van der Waals surface area (Å²) in [4.78, 5) is 0. The zero-order chi connectivity index (χ0) is 13.5. The molecular formula is C14H22F3NO. The lowest BCUT2D eigenvalue weighted by Crippen LogP contribution is -2.40. The van der Waals surface area contributed by atoms with Gasteiger partial charge in [0.15, 0.2) is 0 Å². The molecule has 2 nitrogen and oxygen atoms in total. The summed E-state index contributed by atoms with van der Waals surface area (Å²) in [7, 11) is 0. The molecule has 3 saturated carbocycles. The van der Waals surface area contributed by atoms with Gasteiger partial charge in [0.2, 0.25) is 0 Å². The second-order valence-electron chi connectivity index (χ2n) is 6.38. The molecule has 0 aromatic carbocycles. The molecule has 19 heavy (non-hydrogen) atoms. The maximum Gasteiger partial charge on any atom is 0.411 e. The predicted octanol–water partition coefficient (Wildman–Crippen LogP) is 2.98. The summed E-state index contributed by atoms with van der Waals surface area (Å²) in [6, 6.07) is 0.527. The van der Waals surface area contributed by atoms with E-state index >= 15 is 0 Å². The smallest absolute Gasteiger partial charge is 0.371 e. The molecule has 3 aliphatic rings. The fourth-order valence-corrected chi connectivity index (χ4v) is 4.81. The van der Waals surface area contributed by atoms with Crippen LogP contribution in [0.3, 0.4) is 0 Å². The monoisotopic (exact) mass is 277 g/mol. The molecule has 0 spiro atoms. The Morgan fingerprint density at radius 1 is 1.05 bits per heavy atom. The van der Waals surface area contributed by atoms with Gasteiger partial charge < -0.3 is 10.1 Å². The van der Waals surface area contributed by atoms with E-state index in [-0.39, 0.29) is 6.61 Å². The minimum atomic E-state index is -4.20. The Kier molecular flexibility index (Phi) is 3.78. The molecule has 2 bridgehead atoms. The fraction of sp³-hybridized carbons (Fsp3) is 1.00. The van der Waals surface area contributed by atoms with Gasteiger partial charge in [-0.05, 0) is 49.4 Å². The van der Waals surface area contributed by atoms with E-state index < -0.39 is 12.8 Å². The molecule has 5 atom stereocenters. The Bertz CT molecular complexity index is 320. The maximum atomic E-state index is 11.9. The molecule has 3 rings (SSSR count). The molecular weight excluding hydrogens is 255 g/mol. The van der Waals surface area contributed by atoms with Crippen LogP contribution < -0.4 is 5.32 Å². The lowest BCUT2D eigenvalue weighted by Gasteiger charge is -2.32. The van der Waals surface area contributed by atoms with Crippen molar-refractivity contribution in [3.63, 3.8) is 0 Å². The van der Waals surface area contributed by atoms with Crippen molar-refractivity contribution in [2.24, 2.45) is 23.7 Å². The average Bonchev–Trinajstić information content (AvgIpc) is 2.98. The van der Waals surface area contributed by atoms with Crippen LogP contribution in [0.15, 0.2) is 0 Å². The topological polar surface area (TPSA) is 21.3 Å².